The van der Waals surface area contributed by atoms with Gasteiger partial charge >= 0.3 is 0 Å². The van der Waals surface area contributed by atoms with E-state index in [0.29, 0.717) is 5.56 Å². The number of benzene rings is 2. The van der Waals surface area contributed by atoms with Crippen LogP contribution in [0.25, 0.3) is 22.3 Å². The van der Waals surface area contributed by atoms with Crippen LogP contribution >= 0.6 is 0 Å². The van der Waals surface area contributed by atoms with Gasteiger partial charge in [-0.3, -0.25) is 4.79 Å². The second-order valence-corrected chi connectivity index (χ2v) is 9.83. The van der Waals surface area contributed by atoms with Crippen LogP contribution in [-0.4, -0.2) is 109 Å². The van der Waals surface area contributed by atoms with Gasteiger partial charge in [0.2, 0.25) is 12.6 Å². The average molecular weight is 579 g/mol. The largest absolute Gasteiger partial charge is 0.507 e. The van der Waals surface area contributed by atoms with Gasteiger partial charge in [-0.15, -0.1) is 0 Å². The third-order valence-corrected chi connectivity index (χ3v) is 7.01. The molecule has 41 heavy (non-hydrogen) atoms. The van der Waals surface area contributed by atoms with Crippen molar-refractivity contribution < 1.29 is 64.2 Å². The zero-order valence-electron chi connectivity index (χ0n) is 21.4. The molecule has 8 N–H and O–H groups in total. The lowest BCUT2D eigenvalue weighted by Gasteiger charge is -2.39. The molecule has 0 unspecified atom stereocenters. The Bertz CT molecular complexity index is 1410. The summed E-state index contributed by atoms with van der Waals surface area (Å²) < 4.78 is 27.9. The molecule has 3 heterocycles. The third kappa shape index (κ3) is 5.88. The number of ether oxygens (including phenoxy) is 4. The summed E-state index contributed by atoms with van der Waals surface area (Å²) in [6.07, 6.45) is -12.0. The number of phenols is 1. The van der Waals surface area contributed by atoms with Gasteiger partial charge in [-0.1, -0.05) is 0 Å². The van der Waals surface area contributed by atoms with E-state index in [0.717, 1.165) is 0 Å². The van der Waals surface area contributed by atoms with Gasteiger partial charge in [0.15, 0.2) is 5.43 Å². The SMILES string of the molecule is O=c1cc(-c2ccc(O[C@H]3O[C@@H](CO)[C@H](O)[C@@H](O)[C@@H]3O)cc2)oc2cc(O[C@@H]3C[C@@H](O)[C@H](O)[C@@H](CO)O3)cc(O)c12. The van der Waals surface area contributed by atoms with Crippen LogP contribution in [0.1, 0.15) is 6.42 Å². The van der Waals surface area contributed by atoms with E-state index in [1.165, 1.54) is 30.3 Å². The van der Waals surface area contributed by atoms with E-state index in [9.17, 15) is 45.6 Å². The van der Waals surface area contributed by atoms with Crippen LogP contribution in [0.5, 0.6) is 17.2 Å². The maximum Gasteiger partial charge on any atom is 0.229 e. The van der Waals surface area contributed by atoms with E-state index < -0.39 is 79.7 Å². The van der Waals surface area contributed by atoms with E-state index in [4.69, 9.17) is 23.4 Å². The molecule has 1 aromatic heterocycles. The number of aromatic hydroxyl groups is 1. The van der Waals surface area contributed by atoms with Crippen molar-refractivity contribution in [3.8, 4) is 28.6 Å². The molecule has 5 rings (SSSR count). The Morgan fingerprint density at radius 2 is 1.46 bits per heavy atom. The van der Waals surface area contributed by atoms with Gasteiger partial charge in [0, 0.05) is 30.2 Å². The summed E-state index contributed by atoms with van der Waals surface area (Å²) in [5, 5.41) is 79.1. The van der Waals surface area contributed by atoms with Crippen LogP contribution in [-0.2, 0) is 9.47 Å². The molecule has 2 aromatic carbocycles. The first kappa shape index (κ1) is 29.2. The minimum absolute atomic E-state index is 0.0146. The molecular formula is C27H30O14. The Hall–Kier alpha value is -3.31. The molecule has 2 aliphatic rings. The normalized spacial score (nSPS) is 32.1. The number of hydrogen-bond acceptors (Lipinski definition) is 14. The number of hydrogen-bond donors (Lipinski definition) is 8. The van der Waals surface area contributed by atoms with Crippen LogP contribution in [0.15, 0.2) is 51.7 Å². The molecule has 0 spiro atoms. The van der Waals surface area contributed by atoms with Gasteiger partial charge in [-0.2, -0.15) is 0 Å². The Morgan fingerprint density at radius 3 is 2.15 bits per heavy atom. The summed E-state index contributed by atoms with van der Waals surface area (Å²) in [7, 11) is 0. The number of phenolic OH excluding ortho intramolecular Hbond substituents is 1. The van der Waals surface area contributed by atoms with Gasteiger partial charge < -0.3 is 64.2 Å². The maximum absolute atomic E-state index is 12.8. The fourth-order valence-corrected chi connectivity index (χ4v) is 4.74. The third-order valence-electron chi connectivity index (χ3n) is 7.01. The van der Waals surface area contributed by atoms with Crippen molar-refractivity contribution in [2.75, 3.05) is 13.2 Å². The Kier molecular flexibility index (Phi) is 8.47. The second kappa shape index (κ2) is 11.9. The van der Waals surface area contributed by atoms with E-state index in [2.05, 4.69) is 0 Å². The topological polar surface area (TPSA) is 229 Å². The molecule has 0 aliphatic carbocycles. The minimum atomic E-state index is -1.60. The monoisotopic (exact) mass is 578 g/mol. The van der Waals surface area contributed by atoms with E-state index in [-0.39, 0.29) is 34.6 Å². The zero-order chi connectivity index (χ0) is 29.4. The summed E-state index contributed by atoms with van der Waals surface area (Å²) in [5.74, 6) is -0.0400. The number of aliphatic hydroxyl groups excluding tert-OH is 7. The molecule has 2 aliphatic heterocycles. The van der Waals surface area contributed by atoms with Crippen LogP contribution in [0, 0.1) is 0 Å². The van der Waals surface area contributed by atoms with Gasteiger partial charge in [-0.05, 0) is 24.3 Å². The van der Waals surface area contributed by atoms with Crippen LogP contribution in [0.3, 0.4) is 0 Å². The molecule has 9 atom stereocenters. The molecule has 2 fully saturated rings. The standard InChI is InChI=1S/C27H30O14/c28-9-19-23(33)16(32)8-21(40-19)37-13-5-14(30)22-15(31)7-17(39-18(22)6-13)11-1-3-12(4-2-11)38-27-26(36)25(35)24(34)20(10-29)41-27/h1-7,16,19-21,23-30,32-36H,8-10H2/t16-,19-,20+,21+,23+,24+,25-,26+,27+/m1/s1. The smallest absolute Gasteiger partial charge is 0.229 e. The lowest BCUT2D eigenvalue weighted by molar-refractivity contribution is -0.277. The summed E-state index contributed by atoms with van der Waals surface area (Å²) in [5.41, 5.74) is -0.117. The molecule has 14 nitrogen and oxygen atoms in total. The molecule has 0 amide bonds. The van der Waals surface area contributed by atoms with Crippen molar-refractivity contribution in [2.24, 2.45) is 0 Å². The first-order valence-electron chi connectivity index (χ1n) is 12.8. The van der Waals surface area contributed by atoms with Gasteiger partial charge in [-0.25, -0.2) is 0 Å². The second-order valence-electron chi connectivity index (χ2n) is 9.83. The van der Waals surface area contributed by atoms with Crippen LogP contribution in [0.2, 0.25) is 0 Å². The molecule has 14 heteroatoms. The lowest BCUT2D eigenvalue weighted by atomic mass is 9.99. The van der Waals surface area contributed by atoms with Crippen molar-refractivity contribution in [1.29, 1.82) is 0 Å². The fourth-order valence-electron chi connectivity index (χ4n) is 4.74. The highest BCUT2D eigenvalue weighted by Crippen LogP contribution is 2.34. The summed E-state index contributed by atoms with van der Waals surface area (Å²) in [6, 6.07) is 9.77. The molecule has 2 saturated heterocycles. The highest BCUT2D eigenvalue weighted by atomic mass is 16.7. The van der Waals surface area contributed by atoms with E-state index in [1.54, 1.807) is 12.1 Å². The first-order chi connectivity index (χ1) is 19.6. The molecule has 0 bridgehead atoms. The van der Waals surface area contributed by atoms with Crippen molar-refractivity contribution in [1.82, 2.24) is 0 Å². The van der Waals surface area contributed by atoms with Gasteiger partial charge in [0.1, 0.15) is 70.6 Å². The quantitative estimate of drug-likeness (QED) is 0.160. The summed E-state index contributed by atoms with van der Waals surface area (Å²) in [6.45, 7) is -1.15. The molecular weight excluding hydrogens is 548 g/mol. The highest BCUT2D eigenvalue weighted by molar-refractivity contribution is 5.86. The van der Waals surface area contributed by atoms with E-state index >= 15 is 0 Å². The van der Waals surface area contributed by atoms with Crippen LogP contribution < -0.4 is 14.9 Å². The average Bonchev–Trinajstić information content (AvgIpc) is 2.95. The number of fused-ring (bicyclic) bond motifs is 1. The number of rotatable bonds is 7. The Labute approximate surface area is 231 Å². The Balaban J connectivity index is 1.36. The van der Waals surface area contributed by atoms with Crippen molar-refractivity contribution in [3.63, 3.8) is 0 Å². The number of aliphatic hydroxyl groups is 7. The van der Waals surface area contributed by atoms with Crippen LogP contribution in [0.4, 0.5) is 0 Å². The lowest BCUT2D eigenvalue weighted by Crippen LogP contribution is -2.60. The molecule has 3 aromatic rings. The summed E-state index contributed by atoms with van der Waals surface area (Å²) >= 11 is 0. The Morgan fingerprint density at radius 1 is 0.780 bits per heavy atom. The molecule has 222 valence electrons. The van der Waals surface area contributed by atoms with Gasteiger partial charge in [0.25, 0.3) is 0 Å². The fraction of sp³-hybridized carbons (Fsp3) is 0.444. The predicted octanol–water partition coefficient (Wildman–Crippen LogP) is -1.45. The van der Waals surface area contributed by atoms with Crippen molar-refractivity contribution in [2.45, 2.75) is 61.7 Å². The predicted molar refractivity (Wildman–Crippen MR) is 137 cm³/mol. The molecule has 0 saturated carbocycles. The maximum atomic E-state index is 12.8. The van der Waals surface area contributed by atoms with Crippen molar-refractivity contribution >= 4 is 11.0 Å². The van der Waals surface area contributed by atoms with E-state index in [1.807, 2.05) is 0 Å². The summed E-state index contributed by atoms with van der Waals surface area (Å²) in [4.78, 5) is 12.8. The zero-order valence-corrected chi connectivity index (χ0v) is 21.4. The molecule has 0 radical (unpaired) electrons. The minimum Gasteiger partial charge on any atom is -0.507 e. The first-order valence-corrected chi connectivity index (χ1v) is 12.8. The van der Waals surface area contributed by atoms with Gasteiger partial charge in [0.05, 0.1) is 19.3 Å². The van der Waals surface area contributed by atoms with Crippen molar-refractivity contribution in [3.05, 3.63) is 52.7 Å². The highest BCUT2D eigenvalue weighted by Gasteiger charge is 2.44.